The fraction of sp³-hybridized carbons (Fsp3) is 0.692. The zero-order valence-corrected chi connectivity index (χ0v) is 13.4. The lowest BCUT2D eigenvalue weighted by atomic mass is 10.4. The number of carboxylic acids is 1. The minimum atomic E-state index is -3.57. The predicted molar refractivity (Wildman–Crippen MR) is 76.5 cm³/mol. The van der Waals surface area contributed by atoms with Crippen LogP contribution in [0.4, 0.5) is 0 Å². The average Bonchev–Trinajstić information content (AvgIpc) is 3.12. The van der Waals surface area contributed by atoms with Crippen LogP contribution in [-0.4, -0.2) is 47.2 Å². The Labute approximate surface area is 124 Å². The second-order valence-electron chi connectivity index (χ2n) is 5.60. The Balaban J connectivity index is 2.27. The van der Waals surface area contributed by atoms with Crippen molar-refractivity contribution in [1.82, 2.24) is 14.1 Å². The number of rotatable bonds is 7. The van der Waals surface area contributed by atoms with Gasteiger partial charge in [-0.15, -0.1) is 0 Å². The molecule has 1 aliphatic rings. The van der Waals surface area contributed by atoms with Crippen molar-refractivity contribution in [3.8, 4) is 0 Å². The molecule has 0 aromatic carbocycles. The molecule has 0 bridgehead atoms. The van der Waals surface area contributed by atoms with Gasteiger partial charge >= 0.3 is 5.97 Å². The van der Waals surface area contributed by atoms with Crippen LogP contribution in [0.3, 0.4) is 0 Å². The van der Waals surface area contributed by atoms with Crippen LogP contribution < -0.4 is 0 Å². The van der Waals surface area contributed by atoms with Gasteiger partial charge < -0.3 is 5.11 Å². The van der Waals surface area contributed by atoms with Gasteiger partial charge in [0.1, 0.15) is 4.90 Å². The molecule has 1 aliphatic carbocycles. The third-order valence-corrected chi connectivity index (χ3v) is 5.81. The van der Waals surface area contributed by atoms with E-state index in [2.05, 4.69) is 5.10 Å². The minimum absolute atomic E-state index is 0.0840. The van der Waals surface area contributed by atoms with Gasteiger partial charge in [-0.05, 0) is 32.6 Å². The molecule has 0 unspecified atom stereocenters. The first-order valence-electron chi connectivity index (χ1n) is 6.95. The Morgan fingerprint density at radius 3 is 2.57 bits per heavy atom. The van der Waals surface area contributed by atoms with Crippen molar-refractivity contribution in [2.75, 3.05) is 13.6 Å². The molecule has 0 saturated heterocycles. The lowest BCUT2D eigenvalue weighted by Gasteiger charge is -2.17. The number of aromatic nitrogens is 2. The number of hydrogen-bond donors (Lipinski definition) is 1. The second-order valence-corrected chi connectivity index (χ2v) is 7.58. The summed E-state index contributed by atoms with van der Waals surface area (Å²) < 4.78 is 28.1. The van der Waals surface area contributed by atoms with Crippen molar-refractivity contribution in [1.29, 1.82) is 0 Å². The highest BCUT2D eigenvalue weighted by atomic mass is 32.2. The van der Waals surface area contributed by atoms with E-state index in [-0.39, 0.29) is 17.9 Å². The first-order chi connectivity index (χ1) is 9.73. The summed E-state index contributed by atoms with van der Waals surface area (Å²) in [4.78, 5) is 10.8. The molecular weight excluding hydrogens is 294 g/mol. The molecule has 1 aromatic rings. The van der Waals surface area contributed by atoms with Gasteiger partial charge in [-0.3, -0.25) is 9.48 Å². The molecular formula is C13H21N3O4S. The number of aliphatic carboxylic acids is 1. The summed E-state index contributed by atoms with van der Waals surface area (Å²) in [6.45, 7) is 4.01. The van der Waals surface area contributed by atoms with E-state index >= 15 is 0 Å². The summed E-state index contributed by atoms with van der Waals surface area (Å²) in [5.41, 5.74) is 0.914. The summed E-state index contributed by atoms with van der Waals surface area (Å²) >= 11 is 0. The first-order valence-corrected chi connectivity index (χ1v) is 8.39. The van der Waals surface area contributed by atoms with Crippen LogP contribution in [0.15, 0.2) is 4.90 Å². The monoisotopic (exact) mass is 315 g/mol. The van der Waals surface area contributed by atoms with Crippen LogP contribution in [0.25, 0.3) is 0 Å². The number of carbonyl (C=O) groups is 1. The Morgan fingerprint density at radius 1 is 1.43 bits per heavy atom. The van der Waals surface area contributed by atoms with E-state index in [4.69, 9.17) is 5.11 Å². The molecule has 0 amide bonds. The maximum absolute atomic E-state index is 12.6. The Hall–Kier alpha value is -1.41. The van der Waals surface area contributed by atoms with Crippen molar-refractivity contribution >= 4 is 16.0 Å². The van der Waals surface area contributed by atoms with E-state index in [0.717, 1.165) is 12.8 Å². The normalized spacial score (nSPS) is 15.6. The molecule has 0 radical (unpaired) electrons. The molecule has 118 valence electrons. The van der Waals surface area contributed by atoms with Gasteiger partial charge in [-0.1, -0.05) is 0 Å². The van der Waals surface area contributed by atoms with Gasteiger partial charge in [-0.2, -0.15) is 5.10 Å². The molecule has 1 fully saturated rings. The largest absolute Gasteiger partial charge is 0.481 e. The number of hydrogen-bond acceptors (Lipinski definition) is 4. The Morgan fingerprint density at radius 2 is 2.05 bits per heavy atom. The Bertz CT molecular complexity index is 647. The van der Waals surface area contributed by atoms with E-state index in [1.54, 1.807) is 20.9 Å². The molecule has 1 heterocycles. The number of aryl methyl sites for hydroxylation is 2. The molecule has 2 rings (SSSR count). The summed E-state index contributed by atoms with van der Waals surface area (Å²) in [5.74, 6) is -0.467. The van der Waals surface area contributed by atoms with E-state index < -0.39 is 16.0 Å². The highest BCUT2D eigenvalue weighted by molar-refractivity contribution is 7.89. The lowest BCUT2D eigenvalue weighted by Crippen LogP contribution is -2.29. The second kappa shape index (κ2) is 5.76. The van der Waals surface area contributed by atoms with E-state index in [0.29, 0.717) is 23.9 Å². The molecule has 21 heavy (non-hydrogen) atoms. The number of carboxylic acid groups (broad SMARTS) is 1. The fourth-order valence-electron chi connectivity index (χ4n) is 2.39. The van der Waals surface area contributed by atoms with Gasteiger partial charge in [0.05, 0.1) is 24.4 Å². The van der Waals surface area contributed by atoms with E-state index in [9.17, 15) is 13.2 Å². The first kappa shape index (κ1) is 16.0. The number of sulfonamides is 1. The highest BCUT2D eigenvalue weighted by Gasteiger charge is 2.32. The topological polar surface area (TPSA) is 92.5 Å². The third-order valence-electron chi connectivity index (χ3n) is 3.73. The van der Waals surface area contributed by atoms with Crippen molar-refractivity contribution < 1.29 is 18.3 Å². The van der Waals surface area contributed by atoms with Crippen molar-refractivity contribution in [2.24, 2.45) is 5.92 Å². The maximum atomic E-state index is 12.6. The van der Waals surface area contributed by atoms with Gasteiger partial charge in [0.25, 0.3) is 0 Å². The average molecular weight is 315 g/mol. The van der Waals surface area contributed by atoms with Crippen molar-refractivity contribution in [3.05, 3.63) is 11.4 Å². The summed E-state index contributed by atoms with van der Waals surface area (Å²) in [7, 11) is -1.99. The van der Waals surface area contributed by atoms with Crippen LogP contribution in [-0.2, 0) is 21.4 Å². The zero-order valence-electron chi connectivity index (χ0n) is 12.5. The molecule has 0 aliphatic heterocycles. The SMILES string of the molecule is Cc1nn(CCC(=O)O)c(C)c1S(=O)(=O)N(C)CC1CC1. The third kappa shape index (κ3) is 3.44. The zero-order chi connectivity index (χ0) is 15.8. The van der Waals surface area contributed by atoms with Crippen LogP contribution in [0, 0.1) is 19.8 Å². The van der Waals surface area contributed by atoms with Gasteiger partial charge in [0.2, 0.25) is 10.0 Å². The van der Waals surface area contributed by atoms with Crippen molar-refractivity contribution in [3.63, 3.8) is 0 Å². The molecule has 1 aromatic heterocycles. The molecule has 1 saturated carbocycles. The summed E-state index contributed by atoms with van der Waals surface area (Å²) in [6, 6.07) is 0. The fourth-order valence-corrected chi connectivity index (χ4v) is 4.00. The maximum Gasteiger partial charge on any atom is 0.305 e. The summed E-state index contributed by atoms with van der Waals surface area (Å²) in [6.07, 6.45) is 2.07. The predicted octanol–water partition coefficient (Wildman–Crippen LogP) is 1.01. The minimum Gasteiger partial charge on any atom is -0.481 e. The molecule has 8 heteroatoms. The van der Waals surface area contributed by atoms with Crippen LogP contribution >= 0.6 is 0 Å². The van der Waals surface area contributed by atoms with Crippen molar-refractivity contribution in [2.45, 2.75) is 44.6 Å². The van der Waals surface area contributed by atoms with Gasteiger partial charge in [0.15, 0.2) is 0 Å². The lowest BCUT2D eigenvalue weighted by molar-refractivity contribution is -0.137. The quantitative estimate of drug-likeness (QED) is 0.810. The summed E-state index contributed by atoms with van der Waals surface area (Å²) in [5, 5.41) is 12.9. The smallest absolute Gasteiger partial charge is 0.305 e. The van der Waals surface area contributed by atoms with E-state index in [1.165, 1.54) is 8.99 Å². The van der Waals surface area contributed by atoms with Crippen LogP contribution in [0.2, 0.25) is 0 Å². The molecule has 1 N–H and O–H groups in total. The molecule has 0 atom stereocenters. The standard InChI is InChI=1S/C13H21N3O4S/c1-9-13(10(2)16(14-9)7-6-12(17)18)21(19,20)15(3)8-11-4-5-11/h11H,4-8H2,1-3H3,(H,17,18). The van der Waals surface area contributed by atoms with Crippen LogP contribution in [0.5, 0.6) is 0 Å². The van der Waals surface area contributed by atoms with Gasteiger partial charge in [-0.25, -0.2) is 12.7 Å². The van der Waals surface area contributed by atoms with E-state index in [1.807, 2.05) is 0 Å². The molecule has 0 spiro atoms. The van der Waals surface area contributed by atoms with Gasteiger partial charge in [0, 0.05) is 13.6 Å². The Kier molecular flexibility index (Phi) is 4.38. The highest BCUT2D eigenvalue weighted by Crippen LogP contribution is 2.32. The molecule has 7 nitrogen and oxygen atoms in total. The van der Waals surface area contributed by atoms with Crippen LogP contribution in [0.1, 0.15) is 30.7 Å². The number of nitrogens with zero attached hydrogens (tertiary/aromatic N) is 3.